The van der Waals surface area contributed by atoms with Gasteiger partial charge in [0.1, 0.15) is 0 Å². The van der Waals surface area contributed by atoms with E-state index in [0.717, 1.165) is 11.1 Å². The molecule has 2 heterocycles. The zero-order valence-corrected chi connectivity index (χ0v) is 17.9. The molecular formula is C23H24N6O3. The van der Waals surface area contributed by atoms with Crippen LogP contribution in [-0.2, 0) is 24.9 Å². The van der Waals surface area contributed by atoms with Gasteiger partial charge in [0, 0.05) is 12.5 Å². The number of benzene rings is 2. The zero-order chi connectivity index (χ0) is 22.6. The van der Waals surface area contributed by atoms with E-state index in [1.807, 2.05) is 49.4 Å². The van der Waals surface area contributed by atoms with E-state index in [1.165, 1.54) is 0 Å². The fourth-order valence-corrected chi connectivity index (χ4v) is 3.32. The topological polar surface area (TPSA) is 133 Å². The van der Waals surface area contributed by atoms with Crippen LogP contribution in [0.4, 0.5) is 0 Å². The first-order chi connectivity index (χ1) is 15.4. The SMILES string of the molecule is Cc1nc(CNC(=O)c2cccc(Cc3nnc(C(C)(N)Cc4ccccc4)o3)c2)no1. The lowest BCUT2D eigenvalue weighted by Crippen LogP contribution is -2.35. The maximum atomic E-state index is 12.5. The summed E-state index contributed by atoms with van der Waals surface area (Å²) < 4.78 is 10.8. The van der Waals surface area contributed by atoms with E-state index >= 15 is 0 Å². The van der Waals surface area contributed by atoms with E-state index in [0.29, 0.717) is 41.9 Å². The number of nitrogens with two attached hydrogens (primary N) is 1. The third kappa shape index (κ3) is 5.25. The Morgan fingerprint density at radius 2 is 1.88 bits per heavy atom. The second-order valence-corrected chi connectivity index (χ2v) is 7.87. The molecule has 32 heavy (non-hydrogen) atoms. The van der Waals surface area contributed by atoms with Crippen molar-refractivity contribution in [1.29, 1.82) is 0 Å². The molecule has 9 heteroatoms. The lowest BCUT2D eigenvalue weighted by atomic mass is 9.94. The van der Waals surface area contributed by atoms with E-state index in [9.17, 15) is 4.79 Å². The lowest BCUT2D eigenvalue weighted by Gasteiger charge is -2.20. The average molecular weight is 432 g/mol. The molecule has 2 aromatic heterocycles. The summed E-state index contributed by atoms with van der Waals surface area (Å²) in [5.41, 5.74) is 8.13. The fourth-order valence-electron chi connectivity index (χ4n) is 3.32. The lowest BCUT2D eigenvalue weighted by molar-refractivity contribution is 0.0949. The van der Waals surface area contributed by atoms with Gasteiger partial charge in [-0.1, -0.05) is 47.6 Å². The minimum atomic E-state index is -0.790. The van der Waals surface area contributed by atoms with Crippen molar-refractivity contribution in [3.63, 3.8) is 0 Å². The van der Waals surface area contributed by atoms with Crippen LogP contribution < -0.4 is 11.1 Å². The van der Waals surface area contributed by atoms with Crippen molar-refractivity contribution in [2.45, 2.75) is 38.8 Å². The largest absolute Gasteiger partial charge is 0.423 e. The molecule has 0 saturated heterocycles. The van der Waals surface area contributed by atoms with Gasteiger partial charge >= 0.3 is 0 Å². The molecule has 9 nitrogen and oxygen atoms in total. The number of nitrogens with zero attached hydrogens (tertiary/aromatic N) is 4. The Balaban J connectivity index is 1.40. The molecule has 2 aromatic carbocycles. The van der Waals surface area contributed by atoms with Crippen LogP contribution in [0.2, 0.25) is 0 Å². The predicted molar refractivity (Wildman–Crippen MR) is 115 cm³/mol. The van der Waals surface area contributed by atoms with Gasteiger partial charge in [-0.25, -0.2) is 0 Å². The highest BCUT2D eigenvalue weighted by Crippen LogP contribution is 2.22. The monoisotopic (exact) mass is 432 g/mol. The molecule has 0 fully saturated rings. The summed E-state index contributed by atoms with van der Waals surface area (Å²) >= 11 is 0. The van der Waals surface area contributed by atoms with Crippen LogP contribution >= 0.6 is 0 Å². The Bertz CT molecular complexity index is 1200. The van der Waals surface area contributed by atoms with Crippen molar-refractivity contribution in [3.8, 4) is 0 Å². The van der Waals surface area contributed by atoms with E-state index in [-0.39, 0.29) is 12.5 Å². The van der Waals surface area contributed by atoms with Gasteiger partial charge in [-0.3, -0.25) is 4.79 Å². The molecule has 0 spiro atoms. The van der Waals surface area contributed by atoms with Gasteiger partial charge in [-0.15, -0.1) is 10.2 Å². The van der Waals surface area contributed by atoms with Crippen LogP contribution in [0.5, 0.6) is 0 Å². The highest BCUT2D eigenvalue weighted by Gasteiger charge is 2.28. The number of amides is 1. The van der Waals surface area contributed by atoms with Crippen molar-refractivity contribution in [3.05, 3.63) is 94.8 Å². The number of nitrogens with one attached hydrogen (secondary N) is 1. The van der Waals surface area contributed by atoms with Crippen LogP contribution in [0.3, 0.4) is 0 Å². The second kappa shape index (κ2) is 9.11. The Kier molecular flexibility index (Phi) is 6.09. The molecule has 0 aliphatic heterocycles. The van der Waals surface area contributed by atoms with Crippen LogP contribution in [0.1, 0.15) is 51.9 Å². The molecule has 0 aliphatic rings. The van der Waals surface area contributed by atoms with Gasteiger partial charge in [-0.05, 0) is 36.6 Å². The van der Waals surface area contributed by atoms with Gasteiger partial charge in [0.15, 0.2) is 5.82 Å². The van der Waals surface area contributed by atoms with Gasteiger partial charge in [-0.2, -0.15) is 4.98 Å². The first-order valence-electron chi connectivity index (χ1n) is 10.2. The van der Waals surface area contributed by atoms with Crippen molar-refractivity contribution < 1.29 is 13.7 Å². The number of hydrogen-bond donors (Lipinski definition) is 2. The summed E-state index contributed by atoms with van der Waals surface area (Å²) in [6, 6.07) is 17.1. The fraction of sp³-hybridized carbons (Fsp3) is 0.261. The van der Waals surface area contributed by atoms with E-state index in [2.05, 4.69) is 25.7 Å². The summed E-state index contributed by atoms with van der Waals surface area (Å²) in [5, 5.41) is 14.8. The Morgan fingerprint density at radius 3 is 2.62 bits per heavy atom. The van der Waals surface area contributed by atoms with E-state index in [1.54, 1.807) is 19.1 Å². The molecule has 1 unspecified atom stereocenters. The molecule has 164 valence electrons. The number of carbonyl (C=O) groups is 1. The van der Waals surface area contributed by atoms with Crippen LogP contribution in [0.15, 0.2) is 63.5 Å². The summed E-state index contributed by atoms with van der Waals surface area (Å²) in [6.07, 6.45) is 0.963. The molecule has 1 amide bonds. The third-order valence-corrected chi connectivity index (χ3v) is 4.89. The van der Waals surface area contributed by atoms with Crippen LogP contribution in [0.25, 0.3) is 0 Å². The normalized spacial score (nSPS) is 13.0. The van der Waals surface area contributed by atoms with Gasteiger partial charge in [0.05, 0.1) is 18.5 Å². The Hall–Kier alpha value is -3.85. The quantitative estimate of drug-likeness (QED) is 0.434. The van der Waals surface area contributed by atoms with Crippen LogP contribution in [-0.4, -0.2) is 26.2 Å². The minimum absolute atomic E-state index is 0.184. The minimum Gasteiger partial charge on any atom is -0.423 e. The second-order valence-electron chi connectivity index (χ2n) is 7.87. The van der Waals surface area contributed by atoms with Gasteiger partial charge in [0.2, 0.25) is 17.7 Å². The molecular weight excluding hydrogens is 408 g/mol. The number of aromatic nitrogens is 4. The summed E-state index contributed by atoms with van der Waals surface area (Å²) in [5.74, 6) is 1.45. The summed E-state index contributed by atoms with van der Waals surface area (Å²) in [4.78, 5) is 16.5. The van der Waals surface area contributed by atoms with Crippen molar-refractivity contribution in [1.82, 2.24) is 25.7 Å². The van der Waals surface area contributed by atoms with Crippen molar-refractivity contribution >= 4 is 5.91 Å². The number of hydrogen-bond acceptors (Lipinski definition) is 8. The summed E-state index contributed by atoms with van der Waals surface area (Å²) in [6.45, 7) is 3.75. The maximum Gasteiger partial charge on any atom is 0.251 e. The van der Waals surface area contributed by atoms with E-state index in [4.69, 9.17) is 14.7 Å². The maximum absolute atomic E-state index is 12.5. The number of carbonyl (C=O) groups excluding carboxylic acids is 1. The van der Waals surface area contributed by atoms with Crippen molar-refractivity contribution in [2.24, 2.45) is 5.73 Å². The van der Waals surface area contributed by atoms with Crippen LogP contribution in [0, 0.1) is 6.92 Å². The highest BCUT2D eigenvalue weighted by atomic mass is 16.5. The highest BCUT2D eigenvalue weighted by molar-refractivity contribution is 5.94. The summed E-state index contributed by atoms with van der Waals surface area (Å²) in [7, 11) is 0. The zero-order valence-electron chi connectivity index (χ0n) is 17.9. The molecule has 0 radical (unpaired) electrons. The van der Waals surface area contributed by atoms with Gasteiger partial charge in [0.25, 0.3) is 5.91 Å². The third-order valence-electron chi connectivity index (χ3n) is 4.89. The van der Waals surface area contributed by atoms with Gasteiger partial charge < -0.3 is 20.0 Å². The Labute approximate surface area is 185 Å². The van der Waals surface area contributed by atoms with Crippen molar-refractivity contribution in [2.75, 3.05) is 0 Å². The molecule has 1 atom stereocenters. The number of rotatable bonds is 8. The molecule has 4 aromatic rings. The molecule has 0 aliphatic carbocycles. The molecule has 4 rings (SSSR count). The molecule has 3 N–H and O–H groups in total. The standard InChI is InChI=1S/C23H24N6O3/c1-15-26-19(29-32-15)14-25-21(30)18-10-6-9-17(11-18)12-20-27-28-22(31-20)23(2,24)13-16-7-4-3-5-8-16/h3-11H,12-14,24H2,1-2H3,(H,25,30). The average Bonchev–Trinajstić information content (AvgIpc) is 3.42. The molecule has 0 bridgehead atoms. The van der Waals surface area contributed by atoms with E-state index < -0.39 is 5.54 Å². The molecule has 0 saturated carbocycles. The first-order valence-corrected chi connectivity index (χ1v) is 10.2. The Morgan fingerprint density at radius 1 is 1.09 bits per heavy atom. The smallest absolute Gasteiger partial charge is 0.251 e. The number of aryl methyl sites for hydroxylation is 1. The first kappa shape index (κ1) is 21.4. The predicted octanol–water partition coefficient (Wildman–Crippen LogP) is 2.70.